The Balaban J connectivity index is 2.29. The molecule has 0 radical (unpaired) electrons. The standard InChI is InChI=1S/C18H27BrO4/c1-4-21-17(20)18(2,3)11-5-13-22-15-7-9-16(10-8-15)23-14-6-12-19/h7-10H,4-6,11-14H2,1-3H3. The van der Waals surface area contributed by atoms with Crippen LogP contribution in [0.5, 0.6) is 11.5 Å². The molecule has 1 aromatic carbocycles. The second-order valence-electron chi connectivity index (χ2n) is 5.92. The van der Waals surface area contributed by atoms with E-state index in [4.69, 9.17) is 14.2 Å². The third-order valence-corrected chi connectivity index (χ3v) is 3.97. The van der Waals surface area contributed by atoms with Crippen molar-refractivity contribution in [3.63, 3.8) is 0 Å². The Labute approximate surface area is 147 Å². The summed E-state index contributed by atoms with van der Waals surface area (Å²) >= 11 is 3.37. The monoisotopic (exact) mass is 386 g/mol. The van der Waals surface area contributed by atoms with Crippen LogP contribution in [0, 0.1) is 5.41 Å². The zero-order chi connectivity index (χ0) is 17.1. The predicted octanol–water partition coefficient (Wildman–Crippen LogP) is 4.60. The zero-order valence-corrected chi connectivity index (χ0v) is 15.9. The molecule has 0 aliphatic carbocycles. The minimum Gasteiger partial charge on any atom is -0.494 e. The normalized spacial score (nSPS) is 11.1. The van der Waals surface area contributed by atoms with E-state index in [-0.39, 0.29) is 5.97 Å². The van der Waals surface area contributed by atoms with Crippen molar-refractivity contribution in [2.45, 2.75) is 40.0 Å². The van der Waals surface area contributed by atoms with E-state index in [9.17, 15) is 4.79 Å². The number of hydrogen-bond acceptors (Lipinski definition) is 4. The third kappa shape index (κ3) is 7.73. The van der Waals surface area contributed by atoms with Crippen molar-refractivity contribution in [1.29, 1.82) is 0 Å². The number of carbonyl (C=O) groups is 1. The SMILES string of the molecule is CCOC(=O)C(C)(C)CCCOc1ccc(OCCCBr)cc1. The van der Waals surface area contributed by atoms with Crippen LogP contribution in [-0.2, 0) is 9.53 Å². The largest absolute Gasteiger partial charge is 0.494 e. The summed E-state index contributed by atoms with van der Waals surface area (Å²) in [4.78, 5) is 11.8. The first-order chi connectivity index (χ1) is 11.0. The summed E-state index contributed by atoms with van der Waals surface area (Å²) in [6.07, 6.45) is 2.52. The first-order valence-corrected chi connectivity index (χ1v) is 9.20. The summed E-state index contributed by atoms with van der Waals surface area (Å²) in [5.74, 6) is 1.51. The Morgan fingerprint density at radius 1 is 1.04 bits per heavy atom. The van der Waals surface area contributed by atoms with Gasteiger partial charge in [0.1, 0.15) is 11.5 Å². The Morgan fingerprint density at radius 3 is 2.04 bits per heavy atom. The van der Waals surface area contributed by atoms with Crippen molar-refractivity contribution >= 4 is 21.9 Å². The van der Waals surface area contributed by atoms with Gasteiger partial charge in [-0.2, -0.15) is 0 Å². The van der Waals surface area contributed by atoms with Crippen molar-refractivity contribution in [1.82, 2.24) is 0 Å². The molecule has 0 spiro atoms. The quantitative estimate of drug-likeness (QED) is 0.316. The van der Waals surface area contributed by atoms with Crippen molar-refractivity contribution < 1.29 is 19.0 Å². The van der Waals surface area contributed by atoms with Gasteiger partial charge in [-0.1, -0.05) is 15.9 Å². The number of esters is 1. The number of ether oxygens (including phenoxy) is 3. The van der Waals surface area contributed by atoms with Gasteiger partial charge in [0.15, 0.2) is 0 Å². The molecule has 0 aromatic heterocycles. The fourth-order valence-corrected chi connectivity index (χ4v) is 2.24. The van der Waals surface area contributed by atoms with E-state index in [0.29, 0.717) is 19.8 Å². The zero-order valence-electron chi connectivity index (χ0n) is 14.3. The summed E-state index contributed by atoms with van der Waals surface area (Å²) < 4.78 is 16.4. The van der Waals surface area contributed by atoms with Crippen LogP contribution in [0.4, 0.5) is 0 Å². The highest BCUT2D eigenvalue weighted by molar-refractivity contribution is 9.09. The van der Waals surface area contributed by atoms with Gasteiger partial charge in [-0.3, -0.25) is 4.79 Å². The van der Waals surface area contributed by atoms with Crippen LogP contribution in [0.25, 0.3) is 0 Å². The molecule has 1 rings (SSSR count). The van der Waals surface area contributed by atoms with E-state index in [1.807, 2.05) is 45.0 Å². The number of halogens is 1. The number of rotatable bonds is 11. The number of carbonyl (C=O) groups excluding carboxylic acids is 1. The lowest BCUT2D eigenvalue weighted by Gasteiger charge is -2.22. The number of benzene rings is 1. The summed E-state index contributed by atoms with van der Waals surface area (Å²) in [5.41, 5.74) is -0.466. The van der Waals surface area contributed by atoms with Gasteiger partial charge >= 0.3 is 5.97 Å². The molecule has 0 bridgehead atoms. The molecule has 23 heavy (non-hydrogen) atoms. The molecule has 0 saturated carbocycles. The van der Waals surface area contributed by atoms with E-state index in [0.717, 1.165) is 36.1 Å². The molecule has 0 fully saturated rings. The maximum Gasteiger partial charge on any atom is 0.311 e. The fraction of sp³-hybridized carbons (Fsp3) is 0.611. The molecule has 0 aliphatic rings. The third-order valence-electron chi connectivity index (χ3n) is 3.41. The van der Waals surface area contributed by atoms with Crippen LogP contribution in [0.15, 0.2) is 24.3 Å². The smallest absolute Gasteiger partial charge is 0.311 e. The first-order valence-electron chi connectivity index (χ1n) is 8.08. The summed E-state index contributed by atoms with van der Waals surface area (Å²) in [6, 6.07) is 7.62. The number of hydrogen-bond donors (Lipinski definition) is 0. The minimum absolute atomic E-state index is 0.148. The van der Waals surface area contributed by atoms with Crippen molar-refractivity contribution in [3.05, 3.63) is 24.3 Å². The van der Waals surface area contributed by atoms with Crippen molar-refractivity contribution in [2.24, 2.45) is 5.41 Å². The summed E-state index contributed by atoms with van der Waals surface area (Å²) in [6.45, 7) is 7.34. The van der Waals surface area contributed by atoms with Crippen LogP contribution in [0.2, 0.25) is 0 Å². The van der Waals surface area contributed by atoms with Crippen LogP contribution in [0.3, 0.4) is 0 Å². The first kappa shape index (κ1) is 19.8. The lowest BCUT2D eigenvalue weighted by atomic mass is 9.88. The molecule has 0 amide bonds. The van der Waals surface area contributed by atoms with Gasteiger partial charge in [0, 0.05) is 5.33 Å². The molecular weight excluding hydrogens is 360 g/mol. The van der Waals surface area contributed by atoms with Gasteiger partial charge in [-0.15, -0.1) is 0 Å². The molecule has 4 nitrogen and oxygen atoms in total. The minimum atomic E-state index is -0.466. The molecule has 0 saturated heterocycles. The highest BCUT2D eigenvalue weighted by atomic mass is 79.9. The van der Waals surface area contributed by atoms with Crippen molar-refractivity contribution in [2.75, 3.05) is 25.2 Å². The fourth-order valence-electron chi connectivity index (χ4n) is 2.01. The van der Waals surface area contributed by atoms with Gasteiger partial charge in [0.05, 0.1) is 25.2 Å². The topological polar surface area (TPSA) is 44.8 Å². The Kier molecular flexibility index (Phi) is 9.07. The molecule has 0 heterocycles. The molecule has 0 N–H and O–H groups in total. The van der Waals surface area contributed by atoms with Crippen LogP contribution >= 0.6 is 15.9 Å². The van der Waals surface area contributed by atoms with Crippen LogP contribution < -0.4 is 9.47 Å². The van der Waals surface area contributed by atoms with Crippen LogP contribution in [0.1, 0.15) is 40.0 Å². The molecule has 130 valence electrons. The van der Waals surface area contributed by atoms with Crippen LogP contribution in [-0.4, -0.2) is 31.1 Å². The Morgan fingerprint density at radius 2 is 1.57 bits per heavy atom. The van der Waals surface area contributed by atoms with E-state index in [2.05, 4.69) is 15.9 Å². The molecular formula is C18H27BrO4. The average molecular weight is 387 g/mol. The summed E-state index contributed by atoms with van der Waals surface area (Å²) in [7, 11) is 0. The molecule has 0 aliphatic heterocycles. The predicted molar refractivity (Wildman–Crippen MR) is 95.5 cm³/mol. The highest BCUT2D eigenvalue weighted by Gasteiger charge is 2.28. The second-order valence-corrected chi connectivity index (χ2v) is 6.71. The van der Waals surface area contributed by atoms with Crippen molar-refractivity contribution in [3.8, 4) is 11.5 Å². The Hall–Kier alpha value is -1.23. The maximum absolute atomic E-state index is 11.8. The van der Waals surface area contributed by atoms with Gasteiger partial charge in [0.25, 0.3) is 0 Å². The lowest BCUT2D eigenvalue weighted by Crippen LogP contribution is -2.27. The molecule has 0 unspecified atom stereocenters. The molecule has 0 atom stereocenters. The second kappa shape index (κ2) is 10.5. The van der Waals surface area contributed by atoms with E-state index in [1.165, 1.54) is 0 Å². The van der Waals surface area contributed by atoms with Gasteiger partial charge in [0.2, 0.25) is 0 Å². The Bertz CT molecular complexity index is 457. The molecule has 1 aromatic rings. The van der Waals surface area contributed by atoms with Gasteiger partial charge in [-0.25, -0.2) is 0 Å². The number of alkyl halides is 1. The van der Waals surface area contributed by atoms with Gasteiger partial charge in [-0.05, 0) is 64.3 Å². The average Bonchev–Trinajstić information content (AvgIpc) is 2.53. The van der Waals surface area contributed by atoms with E-state index < -0.39 is 5.41 Å². The highest BCUT2D eigenvalue weighted by Crippen LogP contribution is 2.25. The van der Waals surface area contributed by atoms with E-state index >= 15 is 0 Å². The van der Waals surface area contributed by atoms with Gasteiger partial charge < -0.3 is 14.2 Å². The summed E-state index contributed by atoms with van der Waals surface area (Å²) in [5, 5.41) is 0.941. The lowest BCUT2D eigenvalue weighted by molar-refractivity contribution is -0.153. The molecule has 5 heteroatoms. The maximum atomic E-state index is 11.8. The van der Waals surface area contributed by atoms with E-state index in [1.54, 1.807) is 0 Å².